The van der Waals surface area contributed by atoms with Gasteiger partial charge in [0, 0.05) is 37.5 Å². The first-order valence-electron chi connectivity index (χ1n) is 9.12. The highest BCUT2D eigenvalue weighted by Crippen LogP contribution is 2.24. The number of carbonyl (C=O) groups is 2. The minimum absolute atomic E-state index is 0.102. The molecular formula is C20H21N3O4. The van der Waals surface area contributed by atoms with E-state index in [-0.39, 0.29) is 17.9 Å². The second-order valence-corrected chi connectivity index (χ2v) is 6.90. The van der Waals surface area contributed by atoms with Gasteiger partial charge in [-0.05, 0) is 42.5 Å². The molecule has 0 bridgehead atoms. The molecule has 2 aliphatic rings. The van der Waals surface area contributed by atoms with Crippen molar-refractivity contribution in [1.29, 1.82) is 0 Å². The first-order valence-corrected chi connectivity index (χ1v) is 9.12. The third-order valence-corrected chi connectivity index (χ3v) is 5.04. The molecular weight excluding hydrogens is 346 g/mol. The quantitative estimate of drug-likeness (QED) is 0.660. The molecule has 0 aliphatic carbocycles. The van der Waals surface area contributed by atoms with Gasteiger partial charge in [0.25, 0.3) is 11.8 Å². The maximum atomic E-state index is 12.7. The predicted octanol–water partition coefficient (Wildman–Crippen LogP) is 1.64. The number of benzene rings is 1. The molecule has 2 aromatic rings. The van der Waals surface area contributed by atoms with Crippen LogP contribution in [0.15, 0.2) is 42.7 Å². The molecule has 0 unspecified atom stereocenters. The zero-order valence-electron chi connectivity index (χ0n) is 14.9. The molecule has 1 saturated heterocycles. The molecule has 4 rings (SSSR count). The fourth-order valence-electron chi connectivity index (χ4n) is 3.55. The van der Waals surface area contributed by atoms with Crippen molar-refractivity contribution >= 4 is 17.5 Å². The Morgan fingerprint density at radius 2 is 2.00 bits per heavy atom. The largest absolute Gasteiger partial charge is 0.619 e. The highest BCUT2D eigenvalue weighted by atomic mass is 16.5. The van der Waals surface area contributed by atoms with E-state index in [9.17, 15) is 14.8 Å². The summed E-state index contributed by atoms with van der Waals surface area (Å²) in [6, 6.07) is 8.89. The van der Waals surface area contributed by atoms with Gasteiger partial charge in [-0.3, -0.25) is 9.59 Å². The number of amides is 2. The molecule has 0 radical (unpaired) electrons. The van der Waals surface area contributed by atoms with Crippen LogP contribution in [0.4, 0.5) is 5.69 Å². The van der Waals surface area contributed by atoms with Crippen molar-refractivity contribution < 1.29 is 19.1 Å². The topological polar surface area (TPSA) is 85.6 Å². The maximum Gasteiger partial charge on any atom is 0.254 e. The number of rotatable bonds is 3. The second-order valence-electron chi connectivity index (χ2n) is 6.90. The van der Waals surface area contributed by atoms with Gasteiger partial charge in [-0.1, -0.05) is 6.07 Å². The predicted molar refractivity (Wildman–Crippen MR) is 97.9 cm³/mol. The number of nitrogens with zero attached hydrogens (tertiary/aromatic N) is 2. The fraction of sp³-hybridized carbons (Fsp3) is 0.350. The minimum atomic E-state index is -0.374. The van der Waals surface area contributed by atoms with Crippen LogP contribution in [-0.4, -0.2) is 36.0 Å². The number of pyridine rings is 1. The normalized spacial score (nSPS) is 18.8. The second kappa shape index (κ2) is 7.36. The van der Waals surface area contributed by atoms with Crippen molar-refractivity contribution in [2.24, 2.45) is 0 Å². The number of hydrogen-bond acceptors (Lipinski definition) is 4. The van der Waals surface area contributed by atoms with Gasteiger partial charge >= 0.3 is 0 Å². The first kappa shape index (κ1) is 17.5. The van der Waals surface area contributed by atoms with E-state index >= 15 is 0 Å². The van der Waals surface area contributed by atoms with Crippen LogP contribution in [0, 0.1) is 5.21 Å². The average Bonchev–Trinajstić information content (AvgIpc) is 3.22. The summed E-state index contributed by atoms with van der Waals surface area (Å²) in [7, 11) is 0. The Morgan fingerprint density at radius 3 is 2.74 bits per heavy atom. The number of aromatic nitrogens is 1. The molecule has 0 spiro atoms. The lowest BCUT2D eigenvalue weighted by atomic mass is 9.98. The van der Waals surface area contributed by atoms with Crippen molar-refractivity contribution in [3.63, 3.8) is 0 Å². The van der Waals surface area contributed by atoms with Crippen LogP contribution in [0.2, 0.25) is 0 Å². The number of fused-ring (bicyclic) bond motifs is 1. The highest BCUT2D eigenvalue weighted by Gasteiger charge is 2.25. The van der Waals surface area contributed by atoms with Gasteiger partial charge in [-0.2, -0.15) is 4.73 Å². The van der Waals surface area contributed by atoms with Crippen LogP contribution >= 0.6 is 0 Å². The number of ether oxygens (including phenoxy) is 1. The first-order chi connectivity index (χ1) is 13.1. The van der Waals surface area contributed by atoms with Crippen LogP contribution in [0.1, 0.15) is 34.3 Å². The molecule has 1 fully saturated rings. The van der Waals surface area contributed by atoms with Gasteiger partial charge in [0.15, 0.2) is 12.4 Å². The average molecular weight is 367 g/mol. The highest BCUT2D eigenvalue weighted by molar-refractivity contribution is 5.95. The molecule has 0 saturated carbocycles. The van der Waals surface area contributed by atoms with Crippen LogP contribution < -0.4 is 10.0 Å². The van der Waals surface area contributed by atoms with Crippen LogP contribution in [0.5, 0.6) is 0 Å². The third kappa shape index (κ3) is 3.78. The lowest BCUT2D eigenvalue weighted by molar-refractivity contribution is -0.605. The molecule has 3 heterocycles. The van der Waals surface area contributed by atoms with E-state index in [2.05, 4.69) is 5.32 Å². The Bertz CT molecular complexity index is 860. The summed E-state index contributed by atoms with van der Waals surface area (Å²) in [4.78, 5) is 26.7. The summed E-state index contributed by atoms with van der Waals surface area (Å²) in [5, 5.41) is 14.1. The molecule has 27 heavy (non-hydrogen) atoms. The molecule has 2 amide bonds. The molecule has 1 aromatic carbocycles. The van der Waals surface area contributed by atoms with Crippen molar-refractivity contribution in [3.8, 4) is 0 Å². The van der Waals surface area contributed by atoms with Crippen LogP contribution in [0.25, 0.3) is 0 Å². The van der Waals surface area contributed by atoms with E-state index in [0.29, 0.717) is 30.0 Å². The van der Waals surface area contributed by atoms with Crippen molar-refractivity contribution in [1.82, 2.24) is 4.90 Å². The number of nitrogens with one attached hydrogen (secondary N) is 1. The van der Waals surface area contributed by atoms with E-state index in [4.69, 9.17) is 4.74 Å². The summed E-state index contributed by atoms with van der Waals surface area (Å²) in [5.74, 6) is -0.221. The Morgan fingerprint density at radius 1 is 1.19 bits per heavy atom. The van der Waals surface area contributed by atoms with E-state index in [0.717, 1.165) is 30.5 Å². The molecule has 140 valence electrons. The molecule has 7 heteroatoms. The van der Waals surface area contributed by atoms with Gasteiger partial charge in [-0.15, -0.1) is 0 Å². The smallest absolute Gasteiger partial charge is 0.254 e. The van der Waals surface area contributed by atoms with Gasteiger partial charge < -0.3 is 20.2 Å². The fourth-order valence-corrected chi connectivity index (χ4v) is 3.55. The molecule has 2 aliphatic heterocycles. The molecule has 7 nitrogen and oxygen atoms in total. The van der Waals surface area contributed by atoms with Gasteiger partial charge in [0.05, 0.1) is 5.56 Å². The zero-order valence-corrected chi connectivity index (χ0v) is 14.9. The Labute approximate surface area is 157 Å². The SMILES string of the molecule is O=C(Nc1ccc2c(c1)CN(C(=O)c1cc[n+]([O-])cc1)CC2)[C@H]1CCCO1. The van der Waals surface area contributed by atoms with Crippen molar-refractivity contribution in [2.45, 2.75) is 31.9 Å². The maximum absolute atomic E-state index is 12.7. The van der Waals surface area contributed by atoms with Gasteiger partial charge in [-0.25, -0.2) is 0 Å². The van der Waals surface area contributed by atoms with Gasteiger partial charge in [0.1, 0.15) is 6.10 Å². The summed E-state index contributed by atoms with van der Waals surface area (Å²) in [6.07, 6.45) is 4.69. The molecule has 1 aromatic heterocycles. The number of hydrogen-bond donors (Lipinski definition) is 1. The summed E-state index contributed by atoms with van der Waals surface area (Å²) in [6.45, 7) is 1.73. The standard InChI is InChI=1S/C20H21N3O4/c24-19(18-2-1-11-27-18)21-17-4-3-14-5-8-22(13-16(14)12-17)20(25)15-6-9-23(26)10-7-15/h3-4,6-7,9-10,12,18H,1-2,5,8,11,13H2,(H,21,24)/t18-/m1/s1. The summed E-state index contributed by atoms with van der Waals surface area (Å²) < 4.78 is 6.07. The zero-order chi connectivity index (χ0) is 18.8. The lowest BCUT2D eigenvalue weighted by Gasteiger charge is -2.29. The van der Waals surface area contributed by atoms with E-state index in [1.165, 1.54) is 30.1 Å². The lowest BCUT2D eigenvalue weighted by Crippen LogP contribution is -2.36. The van der Waals surface area contributed by atoms with Gasteiger partial charge in [0.2, 0.25) is 0 Å². The summed E-state index contributed by atoms with van der Waals surface area (Å²) in [5.41, 5.74) is 3.42. The Hall–Kier alpha value is -2.93. The molecule has 1 atom stereocenters. The molecule has 1 N–H and O–H groups in total. The monoisotopic (exact) mass is 367 g/mol. The van der Waals surface area contributed by atoms with Crippen LogP contribution in [-0.2, 0) is 22.5 Å². The third-order valence-electron chi connectivity index (χ3n) is 5.04. The van der Waals surface area contributed by atoms with E-state index < -0.39 is 0 Å². The van der Waals surface area contributed by atoms with Crippen molar-refractivity contribution in [3.05, 3.63) is 64.6 Å². The summed E-state index contributed by atoms with van der Waals surface area (Å²) >= 11 is 0. The minimum Gasteiger partial charge on any atom is -0.619 e. The number of anilines is 1. The number of carbonyl (C=O) groups excluding carboxylic acids is 2. The van der Waals surface area contributed by atoms with E-state index in [1.54, 1.807) is 4.90 Å². The van der Waals surface area contributed by atoms with Crippen LogP contribution in [0.3, 0.4) is 0 Å². The van der Waals surface area contributed by atoms with E-state index in [1.807, 2.05) is 18.2 Å². The van der Waals surface area contributed by atoms with Crippen molar-refractivity contribution in [2.75, 3.05) is 18.5 Å². The Balaban J connectivity index is 1.47. The Kier molecular flexibility index (Phi) is 4.77.